The van der Waals surface area contributed by atoms with Crippen molar-refractivity contribution in [2.45, 2.75) is 19.1 Å². The minimum atomic E-state index is -4.55. The first-order valence-electron chi connectivity index (χ1n) is 11.0. The van der Waals surface area contributed by atoms with Crippen molar-refractivity contribution in [1.82, 2.24) is 9.36 Å². The maximum atomic E-state index is 13.5. The minimum absolute atomic E-state index is 0.0163. The van der Waals surface area contributed by atoms with Crippen molar-refractivity contribution in [3.05, 3.63) is 99.8 Å². The Morgan fingerprint density at radius 1 is 1.06 bits per heavy atom. The van der Waals surface area contributed by atoms with Crippen molar-refractivity contribution in [2.75, 3.05) is 12.4 Å². The van der Waals surface area contributed by atoms with Crippen LogP contribution in [0.2, 0.25) is 0 Å². The number of methoxy groups -OCH3 is 1. The molecule has 1 N–H and O–H groups in total. The van der Waals surface area contributed by atoms with E-state index in [0.29, 0.717) is 22.7 Å². The lowest BCUT2D eigenvalue weighted by molar-refractivity contribution is -0.137. The first-order chi connectivity index (χ1) is 17.3. The Morgan fingerprint density at radius 3 is 2.53 bits per heavy atom. The SMILES string of the molecule is COc1cccc2c1Oc1c(c(=O)n(-c3ccccc3)n1CC(=O)Nc1cccc(C(F)(F)F)c1)C2. The van der Waals surface area contributed by atoms with Gasteiger partial charge in [-0.25, -0.2) is 9.36 Å². The number of nitrogens with one attached hydrogen (secondary N) is 1. The van der Waals surface area contributed by atoms with E-state index in [1.165, 1.54) is 28.6 Å². The Balaban J connectivity index is 1.55. The van der Waals surface area contributed by atoms with Crippen LogP contribution in [0.3, 0.4) is 0 Å². The predicted molar refractivity (Wildman–Crippen MR) is 126 cm³/mol. The van der Waals surface area contributed by atoms with E-state index in [1.54, 1.807) is 42.5 Å². The number of halogens is 3. The summed E-state index contributed by atoms with van der Waals surface area (Å²) in [4.78, 5) is 26.4. The molecule has 36 heavy (non-hydrogen) atoms. The molecule has 1 aliphatic heterocycles. The zero-order valence-electron chi connectivity index (χ0n) is 19.0. The highest BCUT2D eigenvalue weighted by atomic mass is 19.4. The summed E-state index contributed by atoms with van der Waals surface area (Å²) in [5.41, 5.74) is 0.348. The van der Waals surface area contributed by atoms with Crippen molar-refractivity contribution in [2.24, 2.45) is 0 Å². The van der Waals surface area contributed by atoms with Gasteiger partial charge >= 0.3 is 6.18 Å². The molecule has 0 atom stereocenters. The van der Waals surface area contributed by atoms with Crippen molar-refractivity contribution in [3.63, 3.8) is 0 Å². The molecule has 3 aromatic carbocycles. The number of alkyl halides is 3. The lowest BCUT2D eigenvalue weighted by Crippen LogP contribution is -2.27. The molecule has 1 aromatic heterocycles. The van der Waals surface area contributed by atoms with Crippen LogP contribution in [0, 0.1) is 0 Å². The van der Waals surface area contributed by atoms with Gasteiger partial charge in [-0.15, -0.1) is 0 Å². The molecule has 5 rings (SSSR count). The van der Waals surface area contributed by atoms with E-state index in [4.69, 9.17) is 9.47 Å². The number of para-hydroxylation sites is 2. The van der Waals surface area contributed by atoms with Crippen LogP contribution in [0.5, 0.6) is 17.4 Å². The van der Waals surface area contributed by atoms with E-state index in [9.17, 15) is 22.8 Å². The summed E-state index contributed by atoms with van der Waals surface area (Å²) in [6, 6.07) is 18.4. The van der Waals surface area contributed by atoms with Crippen LogP contribution >= 0.6 is 0 Å². The molecule has 7 nitrogen and oxygen atoms in total. The van der Waals surface area contributed by atoms with Crippen LogP contribution in [-0.2, 0) is 23.9 Å². The van der Waals surface area contributed by atoms with Crippen molar-refractivity contribution in [1.29, 1.82) is 0 Å². The van der Waals surface area contributed by atoms with Gasteiger partial charge in [0.05, 0.1) is 23.9 Å². The van der Waals surface area contributed by atoms with Gasteiger partial charge in [-0.05, 0) is 36.4 Å². The van der Waals surface area contributed by atoms with Crippen LogP contribution in [-0.4, -0.2) is 22.4 Å². The van der Waals surface area contributed by atoms with E-state index in [0.717, 1.165) is 17.7 Å². The fourth-order valence-corrected chi connectivity index (χ4v) is 4.18. The molecule has 184 valence electrons. The number of rotatable bonds is 5. The van der Waals surface area contributed by atoms with Crippen molar-refractivity contribution >= 4 is 11.6 Å². The maximum Gasteiger partial charge on any atom is 0.416 e. The lowest BCUT2D eigenvalue weighted by atomic mass is 10.0. The number of benzene rings is 3. The summed E-state index contributed by atoms with van der Waals surface area (Å²) >= 11 is 0. The van der Waals surface area contributed by atoms with E-state index >= 15 is 0 Å². The number of carbonyl (C=O) groups is 1. The highest BCUT2D eigenvalue weighted by molar-refractivity contribution is 5.90. The molecule has 1 aliphatic rings. The van der Waals surface area contributed by atoms with Gasteiger partial charge in [0.2, 0.25) is 11.8 Å². The predicted octanol–water partition coefficient (Wildman–Crippen LogP) is 5.00. The van der Waals surface area contributed by atoms with Crippen LogP contribution in [0.25, 0.3) is 5.69 Å². The third kappa shape index (κ3) is 4.21. The number of aromatic nitrogens is 2. The summed E-state index contributed by atoms with van der Waals surface area (Å²) in [6.45, 7) is -0.389. The average Bonchev–Trinajstić information content (AvgIpc) is 3.12. The van der Waals surface area contributed by atoms with Gasteiger partial charge in [0, 0.05) is 17.7 Å². The molecule has 0 radical (unpaired) electrons. The minimum Gasteiger partial charge on any atom is -0.493 e. The zero-order chi connectivity index (χ0) is 25.4. The third-order valence-electron chi connectivity index (χ3n) is 5.80. The second kappa shape index (κ2) is 8.95. The molecule has 0 saturated heterocycles. The van der Waals surface area contributed by atoms with Crippen LogP contribution in [0.1, 0.15) is 16.7 Å². The Hall–Kier alpha value is -4.47. The summed E-state index contributed by atoms with van der Waals surface area (Å²) < 4.78 is 53.5. The molecule has 0 bridgehead atoms. The normalized spacial score (nSPS) is 12.3. The van der Waals surface area contributed by atoms with Crippen LogP contribution < -0.4 is 20.3 Å². The molecule has 10 heteroatoms. The van der Waals surface area contributed by atoms with Gasteiger partial charge in [-0.1, -0.05) is 36.4 Å². The first kappa shape index (κ1) is 23.3. The van der Waals surface area contributed by atoms with E-state index < -0.39 is 17.6 Å². The smallest absolute Gasteiger partial charge is 0.416 e. The van der Waals surface area contributed by atoms with Gasteiger partial charge < -0.3 is 14.8 Å². The maximum absolute atomic E-state index is 13.5. The third-order valence-corrected chi connectivity index (χ3v) is 5.80. The molecule has 0 saturated carbocycles. The summed E-state index contributed by atoms with van der Waals surface area (Å²) in [7, 11) is 1.50. The molecule has 0 aliphatic carbocycles. The standard InChI is InChI=1S/C26H20F3N3O4/c1-35-21-12-5-7-16-13-20-24(34)32(19-10-3-2-4-11-19)31(25(20)36-23(16)21)15-22(33)30-18-9-6-8-17(14-18)26(27,28)29/h2-12,14H,13,15H2,1H3,(H,30,33). The second-order valence-corrected chi connectivity index (χ2v) is 8.15. The monoisotopic (exact) mass is 495 g/mol. The quantitative estimate of drug-likeness (QED) is 0.372. The Kier molecular flexibility index (Phi) is 5.79. The molecule has 4 aromatic rings. The molecule has 1 amide bonds. The van der Waals surface area contributed by atoms with E-state index in [2.05, 4.69) is 5.32 Å². The molecule has 0 unspecified atom stereocenters. The Labute approximate surface area is 203 Å². The van der Waals surface area contributed by atoms with Crippen LogP contribution in [0.4, 0.5) is 18.9 Å². The van der Waals surface area contributed by atoms with E-state index in [-0.39, 0.29) is 30.1 Å². The first-order valence-corrected chi connectivity index (χ1v) is 11.0. The Bertz CT molecular complexity index is 1510. The van der Waals surface area contributed by atoms with Gasteiger partial charge in [0.1, 0.15) is 6.54 Å². The summed E-state index contributed by atoms with van der Waals surface area (Å²) in [6.07, 6.45) is -4.29. The zero-order valence-corrected chi connectivity index (χ0v) is 19.0. The number of ether oxygens (including phenoxy) is 2. The summed E-state index contributed by atoms with van der Waals surface area (Å²) in [5, 5.41) is 2.48. The highest BCUT2D eigenvalue weighted by Crippen LogP contribution is 2.41. The number of hydrogen-bond acceptors (Lipinski definition) is 4. The fourth-order valence-electron chi connectivity index (χ4n) is 4.18. The van der Waals surface area contributed by atoms with Crippen molar-refractivity contribution in [3.8, 4) is 23.1 Å². The van der Waals surface area contributed by atoms with Gasteiger partial charge in [-0.2, -0.15) is 13.2 Å². The molecular weight excluding hydrogens is 475 g/mol. The number of nitrogens with zero attached hydrogens (tertiary/aromatic N) is 2. The average molecular weight is 495 g/mol. The Morgan fingerprint density at radius 2 is 1.81 bits per heavy atom. The fraction of sp³-hybridized carbons (Fsp3) is 0.154. The number of hydrogen-bond donors (Lipinski definition) is 1. The molecule has 2 heterocycles. The number of carbonyl (C=O) groups excluding carboxylic acids is 1. The topological polar surface area (TPSA) is 74.5 Å². The summed E-state index contributed by atoms with van der Waals surface area (Å²) in [5.74, 6) is 0.439. The van der Waals surface area contributed by atoms with Gasteiger partial charge in [0.15, 0.2) is 11.5 Å². The molecular formula is C26H20F3N3O4. The van der Waals surface area contributed by atoms with E-state index in [1.807, 2.05) is 6.07 Å². The number of fused-ring (bicyclic) bond motifs is 2. The number of anilines is 1. The number of amides is 1. The van der Waals surface area contributed by atoms with Gasteiger partial charge in [-0.3, -0.25) is 9.59 Å². The molecule has 0 fully saturated rings. The molecule has 0 spiro atoms. The highest BCUT2D eigenvalue weighted by Gasteiger charge is 2.32. The lowest BCUT2D eigenvalue weighted by Gasteiger charge is -2.21. The van der Waals surface area contributed by atoms with Crippen LogP contribution in [0.15, 0.2) is 77.6 Å². The largest absolute Gasteiger partial charge is 0.493 e. The van der Waals surface area contributed by atoms with Gasteiger partial charge in [0.25, 0.3) is 5.56 Å². The van der Waals surface area contributed by atoms with Crippen molar-refractivity contribution < 1.29 is 27.4 Å². The second-order valence-electron chi connectivity index (χ2n) is 8.15.